The molecule has 0 spiro atoms. The van der Waals surface area contributed by atoms with Gasteiger partial charge in [0, 0.05) is 32.4 Å². The molecule has 0 aliphatic carbocycles. The van der Waals surface area contributed by atoms with Gasteiger partial charge in [0.25, 0.3) is 0 Å². The molecule has 2 rings (SSSR count). The molecule has 1 saturated heterocycles. The van der Waals surface area contributed by atoms with E-state index in [2.05, 4.69) is 55.1 Å². The molecule has 1 aromatic heterocycles. The molecule has 21 heavy (non-hydrogen) atoms. The third-order valence-corrected chi connectivity index (χ3v) is 3.55. The summed E-state index contributed by atoms with van der Waals surface area (Å²) in [5.41, 5.74) is 0.806. The first-order valence-corrected chi connectivity index (χ1v) is 7.82. The highest BCUT2D eigenvalue weighted by Crippen LogP contribution is 2.27. The van der Waals surface area contributed by atoms with Gasteiger partial charge in [-0.15, -0.1) is 5.10 Å². The van der Waals surface area contributed by atoms with Gasteiger partial charge in [0.15, 0.2) is 0 Å². The Morgan fingerprint density at radius 2 is 1.86 bits per heavy atom. The molecule has 0 bridgehead atoms. The van der Waals surface area contributed by atoms with E-state index in [0.29, 0.717) is 0 Å². The monoisotopic (exact) mass is 295 g/mol. The number of morpholine rings is 1. The fourth-order valence-electron chi connectivity index (χ4n) is 3.13. The normalized spacial score (nSPS) is 21.6. The highest BCUT2D eigenvalue weighted by molar-refractivity contribution is 4.92. The van der Waals surface area contributed by atoms with Crippen LogP contribution in [0.3, 0.4) is 0 Å². The molecule has 0 radical (unpaired) electrons. The maximum Gasteiger partial charge on any atom is 0.0964 e. The van der Waals surface area contributed by atoms with Crippen LogP contribution < -0.4 is 5.32 Å². The topological polar surface area (TPSA) is 55.2 Å². The molecule has 0 aromatic carbocycles. The number of nitrogens with one attached hydrogen (secondary N) is 1. The zero-order valence-electron chi connectivity index (χ0n) is 14.0. The van der Waals surface area contributed by atoms with Crippen LogP contribution in [0, 0.1) is 0 Å². The van der Waals surface area contributed by atoms with Gasteiger partial charge in [0.1, 0.15) is 0 Å². The van der Waals surface area contributed by atoms with Gasteiger partial charge in [0.05, 0.1) is 23.4 Å². The second kappa shape index (κ2) is 6.42. The number of rotatable bonds is 6. The predicted octanol–water partition coefficient (Wildman–Crippen LogP) is 1.28. The standard InChI is InChI=1S/C15H29N5O/c1-6-16-9-13-10-20(18-17-13)8-7-19-11-14(2,3)21-15(4,5)12-19/h10,16H,6-9,11-12H2,1-5H3. The highest BCUT2D eigenvalue weighted by atomic mass is 16.5. The van der Waals surface area contributed by atoms with Crippen LogP contribution in [0.15, 0.2) is 6.20 Å². The van der Waals surface area contributed by atoms with Gasteiger partial charge in [0.2, 0.25) is 0 Å². The molecule has 1 N–H and O–H groups in total. The minimum absolute atomic E-state index is 0.0969. The number of hydrogen-bond acceptors (Lipinski definition) is 5. The molecule has 0 saturated carbocycles. The summed E-state index contributed by atoms with van der Waals surface area (Å²) in [6.07, 6.45) is 2.03. The number of aromatic nitrogens is 3. The molecule has 2 heterocycles. The van der Waals surface area contributed by atoms with Crippen molar-refractivity contribution in [2.45, 2.75) is 58.9 Å². The predicted molar refractivity (Wildman–Crippen MR) is 83.1 cm³/mol. The molecule has 1 aromatic rings. The van der Waals surface area contributed by atoms with Gasteiger partial charge in [-0.05, 0) is 34.2 Å². The molecule has 0 unspecified atom stereocenters. The Hall–Kier alpha value is -0.980. The first kappa shape index (κ1) is 16.4. The van der Waals surface area contributed by atoms with Crippen LogP contribution in [0.2, 0.25) is 0 Å². The highest BCUT2D eigenvalue weighted by Gasteiger charge is 2.37. The van der Waals surface area contributed by atoms with Crippen molar-refractivity contribution in [3.63, 3.8) is 0 Å². The molecule has 6 heteroatoms. The van der Waals surface area contributed by atoms with Gasteiger partial charge in [-0.25, -0.2) is 0 Å². The summed E-state index contributed by atoms with van der Waals surface area (Å²) in [7, 11) is 0. The van der Waals surface area contributed by atoms with Crippen molar-refractivity contribution in [2.75, 3.05) is 26.2 Å². The van der Waals surface area contributed by atoms with Crippen LogP contribution in [0.4, 0.5) is 0 Å². The van der Waals surface area contributed by atoms with Gasteiger partial charge in [-0.2, -0.15) is 0 Å². The smallest absolute Gasteiger partial charge is 0.0964 e. The first-order chi connectivity index (χ1) is 9.80. The average molecular weight is 295 g/mol. The number of nitrogens with zero attached hydrogens (tertiary/aromatic N) is 4. The maximum absolute atomic E-state index is 6.11. The van der Waals surface area contributed by atoms with Crippen LogP contribution in [0.5, 0.6) is 0 Å². The fourth-order valence-corrected chi connectivity index (χ4v) is 3.13. The van der Waals surface area contributed by atoms with E-state index in [1.54, 1.807) is 0 Å². The van der Waals surface area contributed by atoms with E-state index in [1.165, 1.54) is 0 Å². The lowest BCUT2D eigenvalue weighted by Gasteiger charge is -2.47. The molecule has 120 valence electrons. The van der Waals surface area contributed by atoms with Crippen molar-refractivity contribution in [1.82, 2.24) is 25.2 Å². The number of ether oxygens (including phenoxy) is 1. The zero-order chi connectivity index (χ0) is 15.5. The van der Waals surface area contributed by atoms with E-state index in [9.17, 15) is 0 Å². The fraction of sp³-hybridized carbons (Fsp3) is 0.867. The van der Waals surface area contributed by atoms with Crippen LogP contribution in [-0.4, -0.2) is 57.3 Å². The second-order valence-electron chi connectivity index (χ2n) is 7.09. The summed E-state index contributed by atoms with van der Waals surface area (Å²) in [4.78, 5) is 2.45. The minimum Gasteiger partial charge on any atom is -0.367 e. The Morgan fingerprint density at radius 1 is 1.19 bits per heavy atom. The molecule has 0 atom stereocenters. The quantitative estimate of drug-likeness (QED) is 0.857. The van der Waals surface area contributed by atoms with E-state index < -0.39 is 0 Å². The molecule has 1 fully saturated rings. The van der Waals surface area contributed by atoms with Crippen LogP contribution in [0.25, 0.3) is 0 Å². The average Bonchev–Trinajstić information content (AvgIpc) is 2.78. The van der Waals surface area contributed by atoms with Crippen molar-refractivity contribution in [1.29, 1.82) is 0 Å². The Morgan fingerprint density at radius 3 is 2.48 bits per heavy atom. The van der Waals surface area contributed by atoms with E-state index >= 15 is 0 Å². The third kappa shape index (κ3) is 5.05. The summed E-state index contributed by atoms with van der Waals surface area (Å²) in [5, 5.41) is 11.6. The van der Waals surface area contributed by atoms with Crippen molar-refractivity contribution >= 4 is 0 Å². The van der Waals surface area contributed by atoms with E-state index in [-0.39, 0.29) is 11.2 Å². The van der Waals surface area contributed by atoms with Crippen molar-refractivity contribution in [3.8, 4) is 0 Å². The Labute approximate surface area is 127 Å². The van der Waals surface area contributed by atoms with Gasteiger partial charge < -0.3 is 10.1 Å². The van der Waals surface area contributed by atoms with Crippen LogP contribution in [0.1, 0.15) is 40.3 Å². The lowest BCUT2D eigenvalue weighted by atomic mass is 9.99. The molecule has 6 nitrogen and oxygen atoms in total. The Kier molecular flexibility index (Phi) is 5.01. The van der Waals surface area contributed by atoms with E-state index in [4.69, 9.17) is 4.74 Å². The van der Waals surface area contributed by atoms with Crippen LogP contribution in [-0.2, 0) is 17.8 Å². The summed E-state index contributed by atoms with van der Waals surface area (Å²) < 4.78 is 8.04. The zero-order valence-corrected chi connectivity index (χ0v) is 14.0. The molecular weight excluding hydrogens is 266 g/mol. The lowest BCUT2D eigenvalue weighted by molar-refractivity contribution is -0.180. The molecule has 0 amide bonds. The molecule has 1 aliphatic rings. The van der Waals surface area contributed by atoms with Crippen molar-refractivity contribution < 1.29 is 4.74 Å². The summed E-state index contributed by atoms with van der Waals surface area (Å²) in [5.74, 6) is 0. The second-order valence-corrected chi connectivity index (χ2v) is 7.09. The van der Waals surface area contributed by atoms with Gasteiger partial charge in [-0.1, -0.05) is 12.1 Å². The van der Waals surface area contributed by atoms with Crippen molar-refractivity contribution in [3.05, 3.63) is 11.9 Å². The van der Waals surface area contributed by atoms with E-state index in [1.807, 2.05) is 10.9 Å². The summed E-state index contributed by atoms with van der Waals surface area (Å²) in [6.45, 7) is 16.2. The molecular formula is C15H29N5O. The molecule has 1 aliphatic heterocycles. The van der Waals surface area contributed by atoms with Gasteiger partial charge in [-0.3, -0.25) is 9.58 Å². The maximum atomic E-state index is 6.11. The Balaban J connectivity index is 1.86. The van der Waals surface area contributed by atoms with Crippen LogP contribution >= 0.6 is 0 Å². The SMILES string of the molecule is CCNCc1cn(CCN2CC(C)(C)OC(C)(C)C2)nn1. The first-order valence-electron chi connectivity index (χ1n) is 7.82. The van der Waals surface area contributed by atoms with Crippen molar-refractivity contribution in [2.24, 2.45) is 0 Å². The van der Waals surface area contributed by atoms with Gasteiger partial charge >= 0.3 is 0 Å². The third-order valence-electron chi connectivity index (χ3n) is 3.55. The number of hydrogen-bond donors (Lipinski definition) is 1. The Bertz CT molecular complexity index is 439. The minimum atomic E-state index is -0.0969. The summed E-state index contributed by atoms with van der Waals surface area (Å²) in [6, 6.07) is 0. The van der Waals surface area contributed by atoms with E-state index in [0.717, 1.165) is 45.0 Å². The summed E-state index contributed by atoms with van der Waals surface area (Å²) >= 11 is 0. The largest absolute Gasteiger partial charge is 0.367 e. The lowest BCUT2D eigenvalue weighted by Crippen LogP contribution is -2.57.